The zero-order chi connectivity index (χ0) is 26.1. The van der Waals surface area contributed by atoms with Crippen LogP contribution in [0.5, 0.6) is 5.88 Å². The Morgan fingerprint density at radius 1 is 1.06 bits per heavy atom. The molecule has 194 valence electrons. The van der Waals surface area contributed by atoms with Gasteiger partial charge >= 0.3 is 11.9 Å². The summed E-state index contributed by atoms with van der Waals surface area (Å²) < 4.78 is 12.8. The highest BCUT2D eigenvalue weighted by Crippen LogP contribution is 2.31. The molecule has 0 aliphatic carbocycles. The summed E-state index contributed by atoms with van der Waals surface area (Å²) in [4.78, 5) is 35.7. The minimum atomic E-state index is -0.562. The number of anilines is 2. The molecule has 4 rings (SSSR count). The highest BCUT2D eigenvalue weighted by molar-refractivity contribution is 7.17. The van der Waals surface area contributed by atoms with E-state index in [2.05, 4.69) is 54.6 Å². The zero-order valence-electron chi connectivity index (χ0n) is 21.2. The van der Waals surface area contributed by atoms with Crippen molar-refractivity contribution in [3.8, 4) is 5.88 Å². The van der Waals surface area contributed by atoms with Gasteiger partial charge in [-0.05, 0) is 30.0 Å². The van der Waals surface area contributed by atoms with Gasteiger partial charge in [0.2, 0.25) is 11.8 Å². The summed E-state index contributed by atoms with van der Waals surface area (Å²) in [5.74, 6) is -0.0711. The lowest BCUT2D eigenvalue weighted by Gasteiger charge is -2.36. The van der Waals surface area contributed by atoms with Crippen LogP contribution in [-0.2, 0) is 26.2 Å². The Morgan fingerprint density at radius 2 is 1.78 bits per heavy atom. The number of amides is 1. The van der Waals surface area contributed by atoms with E-state index in [9.17, 15) is 14.4 Å². The van der Waals surface area contributed by atoms with Crippen molar-refractivity contribution in [1.82, 2.24) is 14.7 Å². The molecule has 0 spiro atoms. The molecule has 1 aliphatic heterocycles. The quantitative estimate of drug-likeness (QED) is 0.290. The van der Waals surface area contributed by atoms with Crippen LogP contribution in [0.25, 0.3) is 10.1 Å². The molecule has 3 heterocycles. The molecular formula is C25H33N5O5S. The van der Waals surface area contributed by atoms with Crippen LogP contribution in [0.2, 0.25) is 0 Å². The van der Waals surface area contributed by atoms with Crippen molar-refractivity contribution in [3.63, 3.8) is 0 Å². The molecule has 1 N–H and O–H groups in total. The molecule has 1 fully saturated rings. The highest BCUT2D eigenvalue weighted by Gasteiger charge is 2.18. The minimum Gasteiger partial charge on any atom is -0.478 e. The van der Waals surface area contributed by atoms with E-state index in [0.29, 0.717) is 18.3 Å². The van der Waals surface area contributed by atoms with Crippen LogP contribution < -0.4 is 15.0 Å². The highest BCUT2D eigenvalue weighted by atomic mass is 32.1. The Bertz CT molecular complexity index is 1170. The Hall–Kier alpha value is -3.44. The van der Waals surface area contributed by atoms with Crippen LogP contribution in [-0.4, -0.2) is 71.9 Å². The molecule has 1 aromatic carbocycles. The number of nitrogens with zero attached hydrogens (tertiary/aromatic N) is 4. The first kappa shape index (κ1) is 27.2. The number of ether oxygens (including phenoxy) is 2. The normalized spacial score (nSPS) is 13.6. The topological polar surface area (TPSA) is 106 Å². The van der Waals surface area contributed by atoms with Crippen molar-refractivity contribution in [2.45, 2.75) is 27.2 Å². The summed E-state index contributed by atoms with van der Waals surface area (Å²) in [6.07, 6.45) is 0.959. The van der Waals surface area contributed by atoms with Gasteiger partial charge in [0.1, 0.15) is 0 Å². The lowest BCUT2D eigenvalue weighted by Crippen LogP contribution is -2.46. The first-order valence-corrected chi connectivity index (χ1v) is 12.7. The zero-order valence-corrected chi connectivity index (χ0v) is 22.0. The summed E-state index contributed by atoms with van der Waals surface area (Å²) >= 11 is 1.81. The van der Waals surface area contributed by atoms with Gasteiger partial charge in [-0.2, -0.15) is 5.10 Å². The molecule has 2 aromatic heterocycles. The summed E-state index contributed by atoms with van der Waals surface area (Å²) in [7, 11) is 1.81. The van der Waals surface area contributed by atoms with Gasteiger partial charge in [-0.3, -0.25) is 19.3 Å². The maximum atomic E-state index is 11.1. The lowest BCUT2D eigenvalue weighted by atomic mass is 10.2. The number of nitrogens with one attached hydrogen (secondary N) is 1. The molecule has 0 bridgehead atoms. The third kappa shape index (κ3) is 8.06. The SMILES string of the molecule is CC(=O)Nc1cc(OCCCN2CCN(c3cccc4sccc34)CC2)n(C)n1.CC(=O)OC(C)=O. The molecule has 36 heavy (non-hydrogen) atoms. The van der Waals surface area contributed by atoms with Gasteiger partial charge < -0.3 is 19.7 Å². The number of esters is 2. The van der Waals surface area contributed by atoms with E-state index >= 15 is 0 Å². The third-order valence-corrected chi connectivity index (χ3v) is 6.36. The second kappa shape index (κ2) is 13.0. The average Bonchev–Trinajstić information content (AvgIpc) is 3.42. The van der Waals surface area contributed by atoms with Gasteiger partial charge in [-0.1, -0.05) is 6.07 Å². The maximum Gasteiger partial charge on any atom is 0.310 e. The van der Waals surface area contributed by atoms with Gasteiger partial charge in [0.15, 0.2) is 5.82 Å². The van der Waals surface area contributed by atoms with Gasteiger partial charge in [0, 0.05) is 82.4 Å². The fourth-order valence-electron chi connectivity index (χ4n) is 3.96. The lowest BCUT2D eigenvalue weighted by molar-refractivity contribution is -0.156. The molecule has 3 aromatic rings. The van der Waals surface area contributed by atoms with Crippen molar-refractivity contribution in [2.24, 2.45) is 7.05 Å². The molecule has 1 amide bonds. The number of rotatable bonds is 7. The number of aryl methyl sites for hydroxylation is 1. The number of benzene rings is 1. The van der Waals surface area contributed by atoms with E-state index in [4.69, 9.17) is 4.74 Å². The molecule has 1 aliphatic rings. The van der Waals surface area contributed by atoms with E-state index in [1.54, 1.807) is 22.1 Å². The van der Waals surface area contributed by atoms with E-state index in [1.807, 2.05) is 7.05 Å². The second-order valence-electron chi connectivity index (χ2n) is 8.40. The van der Waals surface area contributed by atoms with Gasteiger partial charge in [0.05, 0.1) is 6.61 Å². The molecular weight excluding hydrogens is 482 g/mol. The van der Waals surface area contributed by atoms with Crippen LogP contribution >= 0.6 is 11.3 Å². The molecule has 0 saturated carbocycles. The molecule has 0 atom stereocenters. The van der Waals surface area contributed by atoms with Gasteiger partial charge in [-0.25, -0.2) is 4.68 Å². The molecule has 0 unspecified atom stereocenters. The predicted molar refractivity (Wildman–Crippen MR) is 141 cm³/mol. The van der Waals surface area contributed by atoms with Crippen molar-refractivity contribution >= 4 is 50.8 Å². The number of thiophene rings is 1. The second-order valence-corrected chi connectivity index (χ2v) is 9.35. The number of hydrogen-bond acceptors (Lipinski definition) is 9. The Morgan fingerprint density at radius 3 is 2.42 bits per heavy atom. The largest absolute Gasteiger partial charge is 0.478 e. The number of aromatic nitrogens is 2. The fourth-order valence-corrected chi connectivity index (χ4v) is 4.77. The third-order valence-electron chi connectivity index (χ3n) is 5.48. The first-order chi connectivity index (χ1) is 17.2. The van der Waals surface area contributed by atoms with Crippen LogP contribution in [0.4, 0.5) is 11.5 Å². The number of hydrogen-bond donors (Lipinski definition) is 1. The fraction of sp³-hybridized carbons (Fsp3) is 0.440. The Balaban J connectivity index is 0.000000454. The summed E-state index contributed by atoms with van der Waals surface area (Å²) in [5, 5.41) is 10.4. The Kier molecular flexibility index (Phi) is 9.83. The van der Waals surface area contributed by atoms with E-state index < -0.39 is 11.9 Å². The molecule has 0 radical (unpaired) electrons. The van der Waals surface area contributed by atoms with Crippen molar-refractivity contribution in [2.75, 3.05) is 49.5 Å². The van der Waals surface area contributed by atoms with Crippen molar-refractivity contribution in [1.29, 1.82) is 0 Å². The number of fused-ring (bicyclic) bond motifs is 1. The van der Waals surface area contributed by atoms with Crippen LogP contribution in [0, 0.1) is 0 Å². The number of piperazine rings is 1. The van der Waals surface area contributed by atoms with E-state index in [0.717, 1.165) is 39.1 Å². The predicted octanol–water partition coefficient (Wildman–Crippen LogP) is 3.28. The van der Waals surface area contributed by atoms with E-state index in [-0.39, 0.29) is 5.91 Å². The van der Waals surface area contributed by atoms with Gasteiger partial charge in [-0.15, -0.1) is 11.3 Å². The van der Waals surface area contributed by atoms with Crippen LogP contribution in [0.15, 0.2) is 35.7 Å². The number of carbonyl (C=O) groups is 3. The number of carbonyl (C=O) groups excluding carboxylic acids is 3. The van der Waals surface area contributed by atoms with Crippen molar-refractivity contribution in [3.05, 3.63) is 35.7 Å². The first-order valence-electron chi connectivity index (χ1n) is 11.8. The summed E-state index contributed by atoms with van der Waals surface area (Å²) in [6, 6.07) is 10.6. The van der Waals surface area contributed by atoms with Crippen LogP contribution in [0.1, 0.15) is 27.2 Å². The standard InChI is InChI=1S/C21H27N5O2S.C4H6O3/c1-16(27)22-20-15-21(24(2)23-20)28-13-4-8-25-9-11-26(12-10-25)18-5-3-6-19-17(18)7-14-29-19;1-3(5)7-4(2)6/h3,5-7,14-15H,4,8-13H2,1-2H3,(H,22,23,27);1-2H3. The molecule has 1 saturated heterocycles. The van der Waals surface area contributed by atoms with E-state index in [1.165, 1.54) is 36.5 Å². The summed E-state index contributed by atoms with van der Waals surface area (Å²) in [5.41, 5.74) is 1.36. The minimum absolute atomic E-state index is 0.135. The molecule has 11 heteroatoms. The molecule has 10 nitrogen and oxygen atoms in total. The average molecular weight is 516 g/mol. The maximum absolute atomic E-state index is 11.1. The smallest absolute Gasteiger partial charge is 0.310 e. The monoisotopic (exact) mass is 515 g/mol. The van der Waals surface area contributed by atoms with Crippen molar-refractivity contribution < 1.29 is 23.9 Å². The summed E-state index contributed by atoms with van der Waals surface area (Å²) in [6.45, 7) is 9.73. The van der Waals surface area contributed by atoms with Crippen LogP contribution in [0.3, 0.4) is 0 Å². The Labute approximate surface area is 214 Å². The van der Waals surface area contributed by atoms with Gasteiger partial charge in [0.25, 0.3) is 0 Å².